The number of nitrogens with one attached hydrogen (secondary N) is 1. The summed E-state index contributed by atoms with van der Waals surface area (Å²) in [6, 6.07) is 7.59. The Morgan fingerprint density at radius 2 is 2.19 bits per heavy atom. The van der Waals surface area contributed by atoms with Crippen molar-refractivity contribution < 1.29 is 0 Å². The molecule has 0 bridgehead atoms. The highest BCUT2D eigenvalue weighted by Gasteiger charge is 2.07. The van der Waals surface area contributed by atoms with Gasteiger partial charge < -0.3 is 5.73 Å². The Morgan fingerprint density at radius 3 is 2.88 bits per heavy atom. The fourth-order valence-electron chi connectivity index (χ4n) is 1.58. The molecule has 0 saturated heterocycles. The SMILES string of the molecule is CC(C)Cc1nc(-c2cccc(N)c2)n[nH]1. The molecule has 4 nitrogen and oxygen atoms in total. The Bertz CT molecular complexity index is 473. The minimum absolute atomic E-state index is 0.571. The van der Waals surface area contributed by atoms with Crippen LogP contribution >= 0.6 is 0 Å². The molecule has 3 N–H and O–H groups in total. The summed E-state index contributed by atoms with van der Waals surface area (Å²) in [5, 5.41) is 7.14. The highest BCUT2D eigenvalue weighted by Crippen LogP contribution is 2.17. The molecule has 0 spiro atoms. The molecule has 16 heavy (non-hydrogen) atoms. The first-order valence-corrected chi connectivity index (χ1v) is 5.42. The number of rotatable bonds is 3. The number of hydrogen-bond donors (Lipinski definition) is 2. The summed E-state index contributed by atoms with van der Waals surface area (Å²) in [6.45, 7) is 4.31. The molecule has 0 atom stereocenters. The fraction of sp³-hybridized carbons (Fsp3) is 0.333. The van der Waals surface area contributed by atoms with Gasteiger partial charge in [0, 0.05) is 17.7 Å². The van der Waals surface area contributed by atoms with Gasteiger partial charge in [-0.15, -0.1) is 0 Å². The number of nitrogen functional groups attached to an aromatic ring is 1. The van der Waals surface area contributed by atoms with Crippen LogP contribution in [0.5, 0.6) is 0 Å². The van der Waals surface area contributed by atoms with E-state index in [9.17, 15) is 0 Å². The molecule has 0 radical (unpaired) electrons. The number of nitrogens with two attached hydrogens (primary N) is 1. The molecule has 84 valence electrons. The number of anilines is 1. The van der Waals surface area contributed by atoms with Crippen LogP contribution in [0.4, 0.5) is 5.69 Å². The van der Waals surface area contributed by atoms with Crippen molar-refractivity contribution in [2.75, 3.05) is 5.73 Å². The van der Waals surface area contributed by atoms with E-state index >= 15 is 0 Å². The van der Waals surface area contributed by atoms with Crippen molar-refractivity contribution in [3.05, 3.63) is 30.1 Å². The Kier molecular flexibility index (Phi) is 2.90. The summed E-state index contributed by atoms with van der Waals surface area (Å²) in [7, 11) is 0. The van der Waals surface area contributed by atoms with Gasteiger partial charge in [-0.2, -0.15) is 5.10 Å². The van der Waals surface area contributed by atoms with Gasteiger partial charge in [0.15, 0.2) is 5.82 Å². The quantitative estimate of drug-likeness (QED) is 0.773. The summed E-state index contributed by atoms with van der Waals surface area (Å²) >= 11 is 0. The minimum atomic E-state index is 0.571. The van der Waals surface area contributed by atoms with Gasteiger partial charge in [-0.1, -0.05) is 26.0 Å². The summed E-state index contributed by atoms with van der Waals surface area (Å²) < 4.78 is 0. The van der Waals surface area contributed by atoms with E-state index in [-0.39, 0.29) is 0 Å². The standard InChI is InChI=1S/C12H16N4/c1-8(2)6-11-14-12(16-15-11)9-4-3-5-10(13)7-9/h3-5,7-8H,6,13H2,1-2H3,(H,14,15,16). The normalized spacial score (nSPS) is 10.9. The van der Waals surface area contributed by atoms with Crippen LogP contribution in [0.3, 0.4) is 0 Å². The summed E-state index contributed by atoms with van der Waals surface area (Å²) in [5.74, 6) is 2.21. The van der Waals surface area contributed by atoms with Crippen molar-refractivity contribution >= 4 is 5.69 Å². The highest BCUT2D eigenvalue weighted by atomic mass is 15.2. The molecular weight excluding hydrogens is 200 g/mol. The van der Waals surface area contributed by atoms with E-state index in [1.807, 2.05) is 24.3 Å². The molecule has 0 unspecified atom stereocenters. The second-order valence-electron chi connectivity index (χ2n) is 4.33. The lowest BCUT2D eigenvalue weighted by Gasteiger charge is -1.98. The number of nitrogens with zero attached hydrogens (tertiary/aromatic N) is 2. The monoisotopic (exact) mass is 216 g/mol. The zero-order valence-electron chi connectivity index (χ0n) is 9.57. The molecular formula is C12H16N4. The average molecular weight is 216 g/mol. The van der Waals surface area contributed by atoms with E-state index in [0.29, 0.717) is 11.7 Å². The molecule has 1 heterocycles. The van der Waals surface area contributed by atoms with E-state index in [1.165, 1.54) is 0 Å². The van der Waals surface area contributed by atoms with E-state index in [0.717, 1.165) is 23.5 Å². The lowest BCUT2D eigenvalue weighted by Crippen LogP contribution is -1.95. The fourth-order valence-corrected chi connectivity index (χ4v) is 1.58. The second kappa shape index (κ2) is 4.35. The molecule has 1 aromatic carbocycles. The van der Waals surface area contributed by atoms with Gasteiger partial charge in [-0.05, 0) is 18.1 Å². The number of H-pyrrole nitrogens is 1. The maximum absolute atomic E-state index is 5.72. The lowest BCUT2D eigenvalue weighted by molar-refractivity contribution is 0.622. The Morgan fingerprint density at radius 1 is 1.38 bits per heavy atom. The third-order valence-corrected chi connectivity index (χ3v) is 2.28. The number of aromatic nitrogens is 3. The van der Waals surface area contributed by atoms with E-state index in [4.69, 9.17) is 5.73 Å². The van der Waals surface area contributed by atoms with Gasteiger partial charge in [0.05, 0.1) is 0 Å². The number of hydrogen-bond acceptors (Lipinski definition) is 3. The maximum atomic E-state index is 5.72. The Hall–Kier alpha value is -1.84. The molecule has 0 fully saturated rings. The highest BCUT2D eigenvalue weighted by molar-refractivity contribution is 5.60. The van der Waals surface area contributed by atoms with Crippen LogP contribution in [0.25, 0.3) is 11.4 Å². The smallest absolute Gasteiger partial charge is 0.181 e. The van der Waals surface area contributed by atoms with Crippen LogP contribution in [-0.2, 0) is 6.42 Å². The number of benzene rings is 1. The van der Waals surface area contributed by atoms with Crippen LogP contribution < -0.4 is 5.73 Å². The van der Waals surface area contributed by atoms with Gasteiger partial charge in [-0.3, -0.25) is 5.10 Å². The molecule has 1 aromatic heterocycles. The zero-order chi connectivity index (χ0) is 11.5. The molecule has 4 heteroatoms. The number of aromatic amines is 1. The van der Waals surface area contributed by atoms with Gasteiger partial charge in [0.1, 0.15) is 5.82 Å². The first kappa shape index (κ1) is 10.7. The van der Waals surface area contributed by atoms with Crippen LogP contribution in [0.15, 0.2) is 24.3 Å². The average Bonchev–Trinajstić information content (AvgIpc) is 2.65. The lowest BCUT2D eigenvalue weighted by atomic mass is 10.1. The van der Waals surface area contributed by atoms with Crippen molar-refractivity contribution in [3.8, 4) is 11.4 Å². The van der Waals surface area contributed by atoms with Crippen LogP contribution in [0, 0.1) is 5.92 Å². The summed E-state index contributed by atoms with van der Waals surface area (Å²) in [6.07, 6.45) is 0.912. The van der Waals surface area contributed by atoms with Crippen LogP contribution in [0.1, 0.15) is 19.7 Å². The van der Waals surface area contributed by atoms with Crippen molar-refractivity contribution in [1.82, 2.24) is 15.2 Å². The molecule has 0 amide bonds. The van der Waals surface area contributed by atoms with E-state index < -0.39 is 0 Å². The van der Waals surface area contributed by atoms with Gasteiger partial charge >= 0.3 is 0 Å². The molecule has 2 aromatic rings. The largest absolute Gasteiger partial charge is 0.399 e. The van der Waals surface area contributed by atoms with Crippen molar-refractivity contribution in [2.24, 2.45) is 5.92 Å². The predicted octanol–water partition coefficient (Wildman–Crippen LogP) is 2.25. The van der Waals surface area contributed by atoms with E-state index in [1.54, 1.807) is 0 Å². The second-order valence-corrected chi connectivity index (χ2v) is 4.33. The van der Waals surface area contributed by atoms with Gasteiger partial charge in [0.2, 0.25) is 0 Å². The minimum Gasteiger partial charge on any atom is -0.399 e. The third-order valence-electron chi connectivity index (χ3n) is 2.28. The molecule has 0 aliphatic rings. The Balaban J connectivity index is 2.24. The molecule has 2 rings (SSSR count). The van der Waals surface area contributed by atoms with Crippen molar-refractivity contribution in [3.63, 3.8) is 0 Å². The maximum Gasteiger partial charge on any atom is 0.181 e. The van der Waals surface area contributed by atoms with E-state index in [2.05, 4.69) is 29.0 Å². The van der Waals surface area contributed by atoms with Crippen LogP contribution in [0.2, 0.25) is 0 Å². The topological polar surface area (TPSA) is 67.6 Å². The molecule has 0 aliphatic heterocycles. The first-order chi connectivity index (χ1) is 7.65. The summed E-state index contributed by atoms with van der Waals surface area (Å²) in [4.78, 5) is 4.44. The Labute approximate surface area is 94.9 Å². The zero-order valence-corrected chi connectivity index (χ0v) is 9.57. The van der Waals surface area contributed by atoms with Crippen molar-refractivity contribution in [1.29, 1.82) is 0 Å². The predicted molar refractivity (Wildman–Crippen MR) is 64.8 cm³/mol. The first-order valence-electron chi connectivity index (χ1n) is 5.42. The van der Waals surface area contributed by atoms with Crippen molar-refractivity contribution in [2.45, 2.75) is 20.3 Å². The summed E-state index contributed by atoms with van der Waals surface area (Å²) in [5.41, 5.74) is 7.40. The van der Waals surface area contributed by atoms with Crippen LogP contribution in [-0.4, -0.2) is 15.2 Å². The molecule has 0 saturated carbocycles. The third kappa shape index (κ3) is 2.39. The van der Waals surface area contributed by atoms with Gasteiger partial charge in [-0.25, -0.2) is 4.98 Å². The molecule has 0 aliphatic carbocycles. The van der Waals surface area contributed by atoms with Gasteiger partial charge in [0.25, 0.3) is 0 Å².